The van der Waals surface area contributed by atoms with Crippen LogP contribution in [0, 0.1) is 5.92 Å². The van der Waals surface area contributed by atoms with Crippen LogP contribution in [0.3, 0.4) is 0 Å². The molecule has 12 heavy (non-hydrogen) atoms. The highest BCUT2D eigenvalue weighted by molar-refractivity contribution is 5.91. The van der Waals surface area contributed by atoms with Gasteiger partial charge in [-0.2, -0.15) is 0 Å². The van der Waals surface area contributed by atoms with E-state index in [1.54, 1.807) is 0 Å². The monoisotopic (exact) mass is 168 g/mol. The molecule has 1 atom stereocenters. The molecule has 0 bridgehead atoms. The van der Waals surface area contributed by atoms with Crippen molar-refractivity contribution in [3.05, 3.63) is 12.2 Å². The smallest absolute Gasteiger partial charge is 0.244 e. The summed E-state index contributed by atoms with van der Waals surface area (Å²) in [6.07, 6.45) is 3.12. The van der Waals surface area contributed by atoms with Gasteiger partial charge in [0.1, 0.15) is 0 Å². The molecule has 1 aliphatic rings. The second-order valence-corrected chi connectivity index (χ2v) is 3.38. The van der Waals surface area contributed by atoms with E-state index in [0.717, 1.165) is 19.5 Å². The van der Waals surface area contributed by atoms with E-state index in [-0.39, 0.29) is 5.91 Å². The molecule has 0 saturated carbocycles. The Balaban J connectivity index is 2.29. The summed E-state index contributed by atoms with van der Waals surface area (Å²) in [4.78, 5) is 10.7. The molecule has 1 aliphatic heterocycles. The first-order valence-electron chi connectivity index (χ1n) is 4.38. The molecule has 1 fully saturated rings. The van der Waals surface area contributed by atoms with Crippen LogP contribution in [0.2, 0.25) is 0 Å². The molecule has 0 spiro atoms. The number of hydrogen-bond donors (Lipinski definition) is 2. The summed E-state index contributed by atoms with van der Waals surface area (Å²) >= 11 is 0. The standard InChI is InChI=1S/C9H16N2O/c1-7(9(10)12)5-8-3-2-4-11-6-8/h8,11H,1-6H2,(H2,10,12). The van der Waals surface area contributed by atoms with Gasteiger partial charge >= 0.3 is 0 Å². The molecule has 0 radical (unpaired) electrons. The Kier molecular flexibility index (Phi) is 3.29. The number of carbonyl (C=O) groups excluding carboxylic acids is 1. The second-order valence-electron chi connectivity index (χ2n) is 3.38. The number of nitrogens with one attached hydrogen (secondary N) is 1. The van der Waals surface area contributed by atoms with Crippen molar-refractivity contribution in [2.45, 2.75) is 19.3 Å². The van der Waals surface area contributed by atoms with E-state index in [1.807, 2.05) is 0 Å². The normalized spacial score (nSPS) is 23.5. The average Bonchev–Trinajstić information content (AvgIpc) is 2.06. The summed E-state index contributed by atoms with van der Waals surface area (Å²) < 4.78 is 0. The van der Waals surface area contributed by atoms with Gasteiger partial charge in [-0.3, -0.25) is 4.79 Å². The van der Waals surface area contributed by atoms with Crippen LogP contribution in [-0.4, -0.2) is 19.0 Å². The van der Waals surface area contributed by atoms with Crippen LogP contribution < -0.4 is 11.1 Å². The molecule has 0 aromatic heterocycles. The van der Waals surface area contributed by atoms with E-state index in [1.165, 1.54) is 12.8 Å². The number of rotatable bonds is 3. The van der Waals surface area contributed by atoms with E-state index < -0.39 is 0 Å². The molecule has 3 heteroatoms. The Labute approximate surface area is 73.0 Å². The third kappa shape index (κ3) is 2.66. The van der Waals surface area contributed by atoms with Gasteiger partial charge in [0.05, 0.1) is 0 Å². The van der Waals surface area contributed by atoms with Gasteiger partial charge in [-0.15, -0.1) is 0 Å². The Morgan fingerprint density at radius 2 is 2.42 bits per heavy atom. The number of carbonyl (C=O) groups is 1. The van der Waals surface area contributed by atoms with Crippen molar-refractivity contribution in [1.29, 1.82) is 0 Å². The molecule has 68 valence electrons. The molecule has 1 heterocycles. The van der Waals surface area contributed by atoms with Crippen molar-refractivity contribution in [2.75, 3.05) is 13.1 Å². The Morgan fingerprint density at radius 1 is 1.67 bits per heavy atom. The fourth-order valence-corrected chi connectivity index (χ4v) is 1.55. The quantitative estimate of drug-likeness (QED) is 0.600. The van der Waals surface area contributed by atoms with E-state index >= 15 is 0 Å². The molecule has 3 N–H and O–H groups in total. The first kappa shape index (κ1) is 9.26. The zero-order valence-corrected chi connectivity index (χ0v) is 7.31. The molecule has 3 nitrogen and oxygen atoms in total. The first-order chi connectivity index (χ1) is 5.70. The maximum atomic E-state index is 10.7. The van der Waals surface area contributed by atoms with Crippen LogP contribution in [0.1, 0.15) is 19.3 Å². The lowest BCUT2D eigenvalue weighted by atomic mass is 9.93. The predicted octanol–water partition coefficient (Wildman–Crippen LogP) is 0.418. The Bertz CT molecular complexity index is 183. The van der Waals surface area contributed by atoms with Gasteiger partial charge in [-0.1, -0.05) is 6.58 Å². The van der Waals surface area contributed by atoms with E-state index in [4.69, 9.17) is 5.73 Å². The third-order valence-electron chi connectivity index (χ3n) is 2.28. The molecule has 0 aromatic carbocycles. The van der Waals surface area contributed by atoms with Crippen LogP contribution in [0.5, 0.6) is 0 Å². The Morgan fingerprint density at radius 3 is 2.92 bits per heavy atom. The van der Waals surface area contributed by atoms with Crippen LogP contribution in [0.15, 0.2) is 12.2 Å². The van der Waals surface area contributed by atoms with Gasteiger partial charge in [0.25, 0.3) is 0 Å². The minimum atomic E-state index is -0.361. The number of piperidine rings is 1. The third-order valence-corrected chi connectivity index (χ3v) is 2.28. The van der Waals surface area contributed by atoms with Crippen molar-refractivity contribution >= 4 is 5.91 Å². The zero-order chi connectivity index (χ0) is 8.97. The van der Waals surface area contributed by atoms with Gasteiger partial charge in [0.15, 0.2) is 0 Å². The van der Waals surface area contributed by atoms with E-state index in [2.05, 4.69) is 11.9 Å². The predicted molar refractivity (Wildman–Crippen MR) is 48.5 cm³/mol. The number of nitrogens with two attached hydrogens (primary N) is 1. The second kappa shape index (κ2) is 4.26. The lowest BCUT2D eigenvalue weighted by molar-refractivity contribution is -0.114. The van der Waals surface area contributed by atoms with Crippen molar-refractivity contribution < 1.29 is 4.79 Å². The molecule has 1 unspecified atom stereocenters. The minimum absolute atomic E-state index is 0.361. The van der Waals surface area contributed by atoms with Crippen molar-refractivity contribution in [2.24, 2.45) is 11.7 Å². The van der Waals surface area contributed by atoms with Crippen LogP contribution in [0.25, 0.3) is 0 Å². The summed E-state index contributed by atoms with van der Waals surface area (Å²) in [6, 6.07) is 0. The summed E-state index contributed by atoms with van der Waals surface area (Å²) in [5, 5.41) is 3.29. The average molecular weight is 168 g/mol. The first-order valence-corrected chi connectivity index (χ1v) is 4.38. The largest absolute Gasteiger partial charge is 0.366 e. The molecule has 0 aromatic rings. The van der Waals surface area contributed by atoms with E-state index in [0.29, 0.717) is 11.5 Å². The molecular formula is C9H16N2O. The fourth-order valence-electron chi connectivity index (χ4n) is 1.55. The highest BCUT2D eigenvalue weighted by atomic mass is 16.1. The van der Waals surface area contributed by atoms with Gasteiger partial charge < -0.3 is 11.1 Å². The van der Waals surface area contributed by atoms with Crippen molar-refractivity contribution in [3.8, 4) is 0 Å². The number of amides is 1. The van der Waals surface area contributed by atoms with Crippen LogP contribution >= 0.6 is 0 Å². The molecule has 1 saturated heterocycles. The van der Waals surface area contributed by atoms with Gasteiger partial charge in [0, 0.05) is 5.57 Å². The van der Waals surface area contributed by atoms with Crippen LogP contribution in [0.4, 0.5) is 0 Å². The lowest BCUT2D eigenvalue weighted by Crippen LogP contribution is -2.31. The van der Waals surface area contributed by atoms with Crippen molar-refractivity contribution in [3.63, 3.8) is 0 Å². The van der Waals surface area contributed by atoms with Crippen LogP contribution in [-0.2, 0) is 4.79 Å². The van der Waals surface area contributed by atoms with E-state index in [9.17, 15) is 4.79 Å². The van der Waals surface area contributed by atoms with Gasteiger partial charge in [0.2, 0.25) is 5.91 Å². The molecule has 1 rings (SSSR count). The molecule has 1 amide bonds. The maximum absolute atomic E-state index is 10.7. The minimum Gasteiger partial charge on any atom is -0.366 e. The van der Waals surface area contributed by atoms with Gasteiger partial charge in [-0.25, -0.2) is 0 Å². The highest BCUT2D eigenvalue weighted by Gasteiger charge is 2.15. The van der Waals surface area contributed by atoms with Gasteiger partial charge in [-0.05, 0) is 38.3 Å². The molecule has 0 aliphatic carbocycles. The SMILES string of the molecule is C=C(CC1CCCNC1)C(N)=O. The summed E-state index contributed by atoms with van der Waals surface area (Å²) in [6.45, 7) is 5.74. The Hall–Kier alpha value is -0.830. The number of hydrogen-bond acceptors (Lipinski definition) is 2. The maximum Gasteiger partial charge on any atom is 0.244 e. The van der Waals surface area contributed by atoms with Crippen molar-refractivity contribution in [1.82, 2.24) is 5.32 Å². The highest BCUT2D eigenvalue weighted by Crippen LogP contribution is 2.17. The summed E-state index contributed by atoms with van der Waals surface area (Å²) in [5.41, 5.74) is 5.65. The summed E-state index contributed by atoms with van der Waals surface area (Å²) in [5.74, 6) is 0.194. The summed E-state index contributed by atoms with van der Waals surface area (Å²) in [7, 11) is 0. The molecular weight excluding hydrogens is 152 g/mol. The lowest BCUT2D eigenvalue weighted by Gasteiger charge is -2.22. The topological polar surface area (TPSA) is 55.1 Å². The fraction of sp³-hybridized carbons (Fsp3) is 0.667. The number of primary amides is 1. The zero-order valence-electron chi connectivity index (χ0n) is 7.31.